The summed E-state index contributed by atoms with van der Waals surface area (Å²) in [5.41, 5.74) is 1.03. The third kappa shape index (κ3) is 4.34. The standard InChI is InChI=1S/C16H11ClIN5O2/c17-10-2-1-3-13(8-10)22-16-14(23(24)25)15(19-9-20-16)21-12-6-4-11(18)5-7-12/h1-9H,(H2,19,20,21,22). The Balaban J connectivity index is 1.96. The van der Waals surface area contributed by atoms with E-state index in [-0.39, 0.29) is 17.3 Å². The molecule has 3 rings (SSSR count). The highest BCUT2D eigenvalue weighted by Gasteiger charge is 2.23. The van der Waals surface area contributed by atoms with Gasteiger partial charge in [0.25, 0.3) is 0 Å². The zero-order valence-electron chi connectivity index (χ0n) is 12.6. The van der Waals surface area contributed by atoms with E-state index < -0.39 is 4.92 Å². The Bertz CT molecular complexity index is 921. The molecule has 0 bridgehead atoms. The Labute approximate surface area is 161 Å². The predicted molar refractivity (Wildman–Crippen MR) is 106 cm³/mol. The molecule has 7 nitrogen and oxygen atoms in total. The van der Waals surface area contributed by atoms with E-state index in [0.717, 1.165) is 3.57 Å². The van der Waals surface area contributed by atoms with E-state index in [9.17, 15) is 10.1 Å². The molecule has 0 amide bonds. The minimum atomic E-state index is -0.526. The van der Waals surface area contributed by atoms with E-state index in [0.29, 0.717) is 16.4 Å². The van der Waals surface area contributed by atoms with Gasteiger partial charge >= 0.3 is 5.69 Å². The largest absolute Gasteiger partial charge is 0.353 e. The first kappa shape index (κ1) is 17.4. The fraction of sp³-hybridized carbons (Fsp3) is 0. The van der Waals surface area contributed by atoms with Gasteiger partial charge in [-0.05, 0) is 65.1 Å². The second kappa shape index (κ2) is 7.62. The number of hydrogen-bond acceptors (Lipinski definition) is 6. The molecule has 0 unspecified atom stereocenters. The van der Waals surface area contributed by atoms with Gasteiger partial charge in [-0.3, -0.25) is 10.1 Å². The lowest BCUT2D eigenvalue weighted by Crippen LogP contribution is -2.05. The van der Waals surface area contributed by atoms with Crippen LogP contribution in [0.3, 0.4) is 0 Å². The number of halogens is 2. The Hall–Kier alpha value is -2.46. The summed E-state index contributed by atoms with van der Waals surface area (Å²) in [6.45, 7) is 0. The lowest BCUT2D eigenvalue weighted by atomic mass is 10.3. The van der Waals surface area contributed by atoms with E-state index in [1.165, 1.54) is 6.33 Å². The van der Waals surface area contributed by atoms with Crippen molar-refractivity contribution in [2.75, 3.05) is 10.6 Å². The molecule has 9 heteroatoms. The summed E-state index contributed by atoms with van der Waals surface area (Å²) < 4.78 is 1.06. The highest BCUT2D eigenvalue weighted by atomic mass is 127. The van der Waals surface area contributed by atoms with E-state index in [1.54, 1.807) is 24.3 Å². The number of aromatic nitrogens is 2. The quantitative estimate of drug-likeness (QED) is 0.307. The Kier molecular flexibility index (Phi) is 5.29. The normalized spacial score (nSPS) is 10.3. The molecule has 0 saturated heterocycles. The summed E-state index contributed by atoms with van der Waals surface area (Å²) in [5, 5.41) is 17.9. The van der Waals surface area contributed by atoms with Crippen LogP contribution < -0.4 is 10.6 Å². The van der Waals surface area contributed by atoms with Gasteiger partial charge in [-0.25, -0.2) is 9.97 Å². The number of benzene rings is 2. The van der Waals surface area contributed by atoms with Gasteiger partial charge in [-0.2, -0.15) is 0 Å². The first-order valence-electron chi connectivity index (χ1n) is 7.07. The minimum absolute atomic E-state index is 0.0790. The molecule has 25 heavy (non-hydrogen) atoms. The lowest BCUT2D eigenvalue weighted by Gasteiger charge is -2.10. The van der Waals surface area contributed by atoms with E-state index in [2.05, 4.69) is 43.2 Å². The van der Waals surface area contributed by atoms with Crippen LogP contribution in [0.15, 0.2) is 54.9 Å². The molecule has 126 valence electrons. The molecule has 2 N–H and O–H groups in total. The third-order valence-corrected chi connectivity index (χ3v) is 4.15. The monoisotopic (exact) mass is 467 g/mol. The summed E-state index contributed by atoms with van der Waals surface area (Å²) in [5.74, 6) is 0.181. The van der Waals surface area contributed by atoms with Gasteiger partial charge in [-0.15, -0.1) is 0 Å². The van der Waals surface area contributed by atoms with E-state index in [4.69, 9.17) is 11.6 Å². The highest BCUT2D eigenvalue weighted by molar-refractivity contribution is 14.1. The molecule has 0 aliphatic carbocycles. The van der Waals surface area contributed by atoms with Crippen molar-refractivity contribution in [2.24, 2.45) is 0 Å². The molecular weight excluding hydrogens is 457 g/mol. The molecule has 0 aliphatic heterocycles. The van der Waals surface area contributed by atoms with Crippen molar-refractivity contribution >= 4 is 62.9 Å². The van der Waals surface area contributed by atoms with Crippen molar-refractivity contribution in [2.45, 2.75) is 0 Å². The number of nitrogens with zero attached hydrogens (tertiary/aromatic N) is 3. The van der Waals surface area contributed by atoms with Crippen LogP contribution in [0.5, 0.6) is 0 Å². The Morgan fingerprint density at radius 3 is 2.24 bits per heavy atom. The summed E-state index contributed by atoms with van der Waals surface area (Å²) in [7, 11) is 0. The van der Waals surface area contributed by atoms with Crippen molar-refractivity contribution in [1.82, 2.24) is 9.97 Å². The van der Waals surface area contributed by atoms with Crippen LogP contribution in [0.25, 0.3) is 0 Å². The summed E-state index contributed by atoms with van der Waals surface area (Å²) in [4.78, 5) is 19.0. The molecular formula is C16H11ClIN5O2. The fourth-order valence-electron chi connectivity index (χ4n) is 2.11. The number of nitrogens with one attached hydrogen (secondary N) is 2. The second-order valence-corrected chi connectivity index (χ2v) is 6.63. The van der Waals surface area contributed by atoms with Crippen LogP contribution >= 0.6 is 34.2 Å². The summed E-state index contributed by atoms with van der Waals surface area (Å²) in [6.07, 6.45) is 1.26. The van der Waals surface area contributed by atoms with E-state index in [1.807, 2.05) is 24.3 Å². The molecule has 0 aliphatic rings. The van der Waals surface area contributed by atoms with Gasteiger partial charge in [0.2, 0.25) is 11.6 Å². The van der Waals surface area contributed by atoms with Crippen LogP contribution in [-0.4, -0.2) is 14.9 Å². The zero-order valence-corrected chi connectivity index (χ0v) is 15.5. The van der Waals surface area contributed by atoms with Crippen LogP contribution in [0.1, 0.15) is 0 Å². The number of nitro groups is 1. The van der Waals surface area contributed by atoms with Gasteiger partial charge in [0.15, 0.2) is 0 Å². The van der Waals surface area contributed by atoms with Gasteiger partial charge in [-0.1, -0.05) is 17.7 Å². The maximum absolute atomic E-state index is 11.6. The van der Waals surface area contributed by atoms with Crippen LogP contribution in [0, 0.1) is 13.7 Å². The average Bonchev–Trinajstić information content (AvgIpc) is 2.57. The van der Waals surface area contributed by atoms with Gasteiger partial charge in [0, 0.05) is 20.0 Å². The van der Waals surface area contributed by atoms with Crippen molar-refractivity contribution < 1.29 is 4.92 Å². The first-order chi connectivity index (χ1) is 12.0. The molecule has 2 aromatic carbocycles. The van der Waals surface area contributed by atoms with Gasteiger partial charge in [0.1, 0.15) is 6.33 Å². The Morgan fingerprint density at radius 1 is 1.00 bits per heavy atom. The number of hydrogen-bond donors (Lipinski definition) is 2. The topological polar surface area (TPSA) is 93.0 Å². The maximum Gasteiger partial charge on any atom is 0.353 e. The maximum atomic E-state index is 11.6. The van der Waals surface area contributed by atoms with Crippen LogP contribution in [-0.2, 0) is 0 Å². The lowest BCUT2D eigenvalue weighted by molar-refractivity contribution is -0.383. The average molecular weight is 468 g/mol. The van der Waals surface area contributed by atoms with Crippen molar-refractivity contribution in [3.63, 3.8) is 0 Å². The number of rotatable bonds is 5. The van der Waals surface area contributed by atoms with Crippen LogP contribution in [0.4, 0.5) is 28.7 Å². The van der Waals surface area contributed by atoms with Gasteiger partial charge in [0.05, 0.1) is 4.92 Å². The molecule has 1 heterocycles. The number of anilines is 4. The molecule has 1 aromatic heterocycles. The second-order valence-electron chi connectivity index (χ2n) is 4.94. The highest BCUT2D eigenvalue weighted by Crippen LogP contribution is 2.33. The summed E-state index contributed by atoms with van der Waals surface area (Å²) in [6, 6.07) is 14.3. The fourth-order valence-corrected chi connectivity index (χ4v) is 2.66. The van der Waals surface area contributed by atoms with Gasteiger partial charge < -0.3 is 10.6 Å². The molecule has 3 aromatic rings. The first-order valence-corrected chi connectivity index (χ1v) is 8.53. The minimum Gasteiger partial charge on any atom is -0.334 e. The molecule has 0 spiro atoms. The van der Waals surface area contributed by atoms with Crippen LogP contribution in [0.2, 0.25) is 5.02 Å². The Morgan fingerprint density at radius 2 is 1.64 bits per heavy atom. The SMILES string of the molecule is O=[N+]([O-])c1c(Nc2ccc(I)cc2)ncnc1Nc1cccc(Cl)c1. The summed E-state index contributed by atoms with van der Waals surface area (Å²) >= 11 is 8.13. The molecule has 0 atom stereocenters. The zero-order chi connectivity index (χ0) is 17.8. The molecule has 0 fully saturated rings. The smallest absolute Gasteiger partial charge is 0.334 e. The molecule has 0 radical (unpaired) electrons. The third-order valence-electron chi connectivity index (χ3n) is 3.20. The predicted octanol–water partition coefficient (Wildman–Crippen LogP) is 5.13. The van der Waals surface area contributed by atoms with Crippen molar-refractivity contribution in [1.29, 1.82) is 0 Å². The van der Waals surface area contributed by atoms with Crippen molar-refractivity contribution in [3.8, 4) is 0 Å². The van der Waals surface area contributed by atoms with Crippen molar-refractivity contribution in [3.05, 3.63) is 73.6 Å². The molecule has 0 saturated carbocycles. The van der Waals surface area contributed by atoms with E-state index >= 15 is 0 Å².